The number of nitrogens with zero attached hydrogens (tertiary/aromatic N) is 5. The summed E-state index contributed by atoms with van der Waals surface area (Å²) < 4.78 is 13.0. The third-order valence-electron chi connectivity index (χ3n) is 3.83. The van der Waals surface area contributed by atoms with Crippen LogP contribution in [0.4, 0.5) is 21.8 Å². The summed E-state index contributed by atoms with van der Waals surface area (Å²) >= 11 is 0. The Morgan fingerprint density at radius 3 is 2.25 bits per heavy atom. The molecular weight excluding hydrogens is 307 g/mol. The summed E-state index contributed by atoms with van der Waals surface area (Å²) in [4.78, 5) is 9.01. The summed E-state index contributed by atoms with van der Waals surface area (Å²) in [6, 6.07) is 6.65. The SMILES string of the molecule is CC(C)(C)Nc1nncc(N2CCN(c3ccc(F)cc3)CC2)n1. The standard InChI is InChI=1S/C17H23FN6/c1-17(2,3)21-16-20-15(12-19-22-16)24-10-8-23(9-11-24)14-6-4-13(18)5-7-14/h4-7,12H,8-11H2,1-3H3,(H,20,21,22). The van der Waals surface area contributed by atoms with Crippen LogP contribution in [-0.4, -0.2) is 46.9 Å². The third kappa shape index (κ3) is 4.10. The lowest BCUT2D eigenvalue weighted by Crippen LogP contribution is -2.47. The van der Waals surface area contributed by atoms with Gasteiger partial charge >= 0.3 is 0 Å². The molecule has 0 atom stereocenters. The molecule has 1 aliphatic heterocycles. The first kappa shape index (κ1) is 16.4. The van der Waals surface area contributed by atoms with Crippen LogP contribution in [0.3, 0.4) is 0 Å². The summed E-state index contributed by atoms with van der Waals surface area (Å²) in [7, 11) is 0. The monoisotopic (exact) mass is 330 g/mol. The molecule has 2 heterocycles. The van der Waals surface area contributed by atoms with Crippen LogP contribution < -0.4 is 15.1 Å². The van der Waals surface area contributed by atoms with Gasteiger partial charge in [-0.25, -0.2) is 4.39 Å². The largest absolute Gasteiger partial charge is 0.368 e. The molecule has 0 saturated carbocycles. The van der Waals surface area contributed by atoms with Crippen LogP contribution in [0.1, 0.15) is 20.8 Å². The highest BCUT2D eigenvalue weighted by atomic mass is 19.1. The number of aromatic nitrogens is 3. The number of benzene rings is 1. The van der Waals surface area contributed by atoms with E-state index in [4.69, 9.17) is 0 Å². The lowest BCUT2D eigenvalue weighted by Gasteiger charge is -2.36. The maximum absolute atomic E-state index is 13.0. The van der Waals surface area contributed by atoms with Crippen molar-refractivity contribution in [3.05, 3.63) is 36.3 Å². The second kappa shape index (κ2) is 6.59. The minimum atomic E-state index is -0.205. The molecule has 0 aliphatic carbocycles. The van der Waals surface area contributed by atoms with Gasteiger partial charge in [-0.05, 0) is 45.0 Å². The first-order valence-electron chi connectivity index (χ1n) is 8.14. The Labute approximate surface area is 141 Å². The average molecular weight is 330 g/mol. The van der Waals surface area contributed by atoms with Gasteiger partial charge in [-0.1, -0.05) is 0 Å². The Kier molecular flexibility index (Phi) is 4.51. The number of rotatable bonds is 3. The van der Waals surface area contributed by atoms with E-state index in [1.807, 2.05) is 12.1 Å². The van der Waals surface area contributed by atoms with Crippen molar-refractivity contribution in [1.82, 2.24) is 15.2 Å². The van der Waals surface area contributed by atoms with Crippen molar-refractivity contribution in [3.63, 3.8) is 0 Å². The van der Waals surface area contributed by atoms with E-state index in [1.165, 1.54) is 12.1 Å². The van der Waals surface area contributed by atoms with Gasteiger partial charge in [0.05, 0.1) is 6.20 Å². The van der Waals surface area contributed by atoms with Gasteiger partial charge in [-0.15, -0.1) is 5.10 Å². The van der Waals surface area contributed by atoms with Crippen LogP contribution in [-0.2, 0) is 0 Å². The summed E-state index contributed by atoms with van der Waals surface area (Å²) in [5, 5.41) is 11.3. The van der Waals surface area contributed by atoms with Gasteiger partial charge in [0.2, 0.25) is 5.95 Å². The molecule has 0 spiro atoms. The zero-order chi connectivity index (χ0) is 17.2. The number of nitrogens with one attached hydrogen (secondary N) is 1. The molecule has 7 heteroatoms. The third-order valence-corrected chi connectivity index (χ3v) is 3.83. The normalized spacial score (nSPS) is 15.5. The maximum atomic E-state index is 13.0. The Bertz CT molecular complexity index is 674. The van der Waals surface area contributed by atoms with Crippen molar-refractivity contribution in [3.8, 4) is 0 Å². The fraction of sp³-hybridized carbons (Fsp3) is 0.471. The average Bonchev–Trinajstić information content (AvgIpc) is 2.54. The van der Waals surface area contributed by atoms with Crippen molar-refractivity contribution < 1.29 is 4.39 Å². The van der Waals surface area contributed by atoms with Gasteiger partial charge < -0.3 is 15.1 Å². The van der Waals surface area contributed by atoms with Crippen molar-refractivity contribution in [1.29, 1.82) is 0 Å². The summed E-state index contributed by atoms with van der Waals surface area (Å²) in [6.45, 7) is 9.57. The molecule has 1 N–H and O–H groups in total. The quantitative estimate of drug-likeness (QED) is 0.933. The van der Waals surface area contributed by atoms with Crippen molar-refractivity contribution in [2.24, 2.45) is 0 Å². The number of anilines is 3. The zero-order valence-electron chi connectivity index (χ0n) is 14.3. The Balaban J connectivity index is 1.64. The molecule has 0 radical (unpaired) electrons. The van der Waals surface area contributed by atoms with Crippen LogP contribution >= 0.6 is 0 Å². The van der Waals surface area contributed by atoms with Crippen LogP contribution in [0.2, 0.25) is 0 Å². The highest BCUT2D eigenvalue weighted by Gasteiger charge is 2.20. The van der Waals surface area contributed by atoms with Crippen LogP contribution in [0.15, 0.2) is 30.5 Å². The van der Waals surface area contributed by atoms with Crippen LogP contribution in [0, 0.1) is 5.82 Å². The lowest BCUT2D eigenvalue weighted by molar-refractivity contribution is 0.616. The minimum Gasteiger partial charge on any atom is -0.368 e. The molecule has 1 aliphatic rings. The van der Waals surface area contributed by atoms with Gasteiger partial charge in [0.25, 0.3) is 0 Å². The summed E-state index contributed by atoms with van der Waals surface area (Å²) in [6.07, 6.45) is 1.70. The molecule has 6 nitrogen and oxygen atoms in total. The molecule has 1 aromatic carbocycles. The number of hydrogen-bond acceptors (Lipinski definition) is 6. The molecule has 1 fully saturated rings. The second-order valence-electron chi connectivity index (χ2n) is 6.96. The Morgan fingerprint density at radius 1 is 1.00 bits per heavy atom. The van der Waals surface area contributed by atoms with E-state index >= 15 is 0 Å². The first-order chi connectivity index (χ1) is 11.4. The molecule has 128 valence electrons. The zero-order valence-corrected chi connectivity index (χ0v) is 14.3. The predicted molar refractivity (Wildman–Crippen MR) is 94.0 cm³/mol. The molecular formula is C17H23FN6. The van der Waals surface area contributed by atoms with Crippen LogP contribution in [0.5, 0.6) is 0 Å². The van der Waals surface area contributed by atoms with E-state index in [0.717, 1.165) is 37.7 Å². The van der Waals surface area contributed by atoms with Gasteiger partial charge in [0, 0.05) is 37.4 Å². The molecule has 24 heavy (non-hydrogen) atoms. The van der Waals surface area contributed by atoms with E-state index in [0.29, 0.717) is 5.95 Å². The molecule has 0 unspecified atom stereocenters. The fourth-order valence-corrected chi connectivity index (χ4v) is 2.68. The van der Waals surface area contributed by atoms with E-state index < -0.39 is 0 Å². The van der Waals surface area contributed by atoms with Crippen molar-refractivity contribution in [2.45, 2.75) is 26.3 Å². The van der Waals surface area contributed by atoms with E-state index in [2.05, 4.69) is 51.1 Å². The van der Waals surface area contributed by atoms with Crippen LogP contribution in [0.25, 0.3) is 0 Å². The summed E-state index contributed by atoms with van der Waals surface area (Å²) in [5.41, 5.74) is 0.939. The fourth-order valence-electron chi connectivity index (χ4n) is 2.68. The smallest absolute Gasteiger partial charge is 0.245 e. The molecule has 1 aromatic heterocycles. The van der Waals surface area contributed by atoms with Gasteiger partial charge in [0.1, 0.15) is 5.82 Å². The molecule has 2 aromatic rings. The van der Waals surface area contributed by atoms with E-state index in [9.17, 15) is 4.39 Å². The Morgan fingerprint density at radius 2 is 1.62 bits per heavy atom. The molecule has 0 amide bonds. The molecule has 0 bridgehead atoms. The topological polar surface area (TPSA) is 57.2 Å². The molecule has 1 saturated heterocycles. The second-order valence-corrected chi connectivity index (χ2v) is 6.96. The Hall–Kier alpha value is -2.44. The maximum Gasteiger partial charge on any atom is 0.245 e. The minimum absolute atomic E-state index is 0.110. The predicted octanol–water partition coefficient (Wildman–Crippen LogP) is 2.55. The van der Waals surface area contributed by atoms with Gasteiger partial charge in [0.15, 0.2) is 5.82 Å². The van der Waals surface area contributed by atoms with E-state index in [-0.39, 0.29) is 11.4 Å². The number of halogens is 1. The highest BCUT2D eigenvalue weighted by molar-refractivity contribution is 5.49. The van der Waals surface area contributed by atoms with Crippen molar-refractivity contribution >= 4 is 17.5 Å². The van der Waals surface area contributed by atoms with Gasteiger partial charge in [-0.2, -0.15) is 10.1 Å². The highest BCUT2D eigenvalue weighted by Crippen LogP contribution is 2.20. The van der Waals surface area contributed by atoms with E-state index in [1.54, 1.807) is 6.20 Å². The molecule has 3 rings (SSSR count). The summed E-state index contributed by atoms with van der Waals surface area (Å²) in [5.74, 6) is 1.17. The van der Waals surface area contributed by atoms with Crippen molar-refractivity contribution in [2.75, 3.05) is 41.3 Å². The number of piperazine rings is 1. The van der Waals surface area contributed by atoms with Gasteiger partial charge in [-0.3, -0.25) is 0 Å². The lowest BCUT2D eigenvalue weighted by atomic mass is 10.1. The number of hydrogen-bond donors (Lipinski definition) is 1. The first-order valence-corrected chi connectivity index (χ1v) is 8.14.